The van der Waals surface area contributed by atoms with Crippen LogP contribution in [0.2, 0.25) is 0 Å². The van der Waals surface area contributed by atoms with Gasteiger partial charge in [-0.1, -0.05) is 44.2 Å². The van der Waals surface area contributed by atoms with Crippen molar-refractivity contribution in [3.63, 3.8) is 0 Å². The molecule has 0 radical (unpaired) electrons. The van der Waals surface area contributed by atoms with Crippen molar-refractivity contribution in [2.75, 3.05) is 0 Å². The van der Waals surface area contributed by atoms with Crippen LogP contribution in [0.15, 0.2) is 65.6 Å². The van der Waals surface area contributed by atoms with E-state index >= 15 is 4.39 Å². The predicted molar refractivity (Wildman–Crippen MR) is 154 cm³/mol. The molecule has 0 aliphatic carbocycles. The summed E-state index contributed by atoms with van der Waals surface area (Å²) in [5, 5.41) is 16.3. The highest BCUT2D eigenvalue weighted by molar-refractivity contribution is 5.67. The number of hydrogen-bond donors (Lipinski definition) is 1. The van der Waals surface area contributed by atoms with Gasteiger partial charge < -0.3 is 5.11 Å². The summed E-state index contributed by atoms with van der Waals surface area (Å²) in [7, 11) is 0. The van der Waals surface area contributed by atoms with Crippen molar-refractivity contribution in [1.29, 1.82) is 0 Å². The zero-order valence-corrected chi connectivity index (χ0v) is 23.4. The van der Waals surface area contributed by atoms with Crippen LogP contribution in [0.3, 0.4) is 0 Å². The number of aromatic nitrogens is 5. The minimum absolute atomic E-state index is 0.0448. The van der Waals surface area contributed by atoms with Gasteiger partial charge in [-0.25, -0.2) is 9.37 Å². The molecule has 0 saturated heterocycles. The highest BCUT2D eigenvalue weighted by Gasteiger charge is 2.24. The summed E-state index contributed by atoms with van der Waals surface area (Å²) in [6.45, 7) is 8.26. The van der Waals surface area contributed by atoms with E-state index in [9.17, 15) is 14.3 Å². The number of aryl methyl sites for hydroxylation is 4. The smallest absolute Gasteiger partial charge is 0.280 e. The maximum atomic E-state index is 15.3. The summed E-state index contributed by atoms with van der Waals surface area (Å²) < 4.78 is 32.1. The summed E-state index contributed by atoms with van der Waals surface area (Å²) in [6.07, 6.45) is 3.13. The van der Waals surface area contributed by atoms with Gasteiger partial charge in [-0.2, -0.15) is 14.5 Å². The van der Waals surface area contributed by atoms with Crippen molar-refractivity contribution in [2.24, 2.45) is 0 Å². The van der Waals surface area contributed by atoms with Crippen LogP contribution in [0.1, 0.15) is 48.7 Å². The lowest BCUT2D eigenvalue weighted by molar-refractivity contribution is 0.428. The molecule has 0 fully saturated rings. The Morgan fingerprint density at radius 2 is 1.61 bits per heavy atom. The van der Waals surface area contributed by atoms with E-state index in [0.29, 0.717) is 41.9 Å². The fourth-order valence-corrected chi connectivity index (χ4v) is 5.15. The highest BCUT2D eigenvalue weighted by atomic mass is 19.1. The van der Waals surface area contributed by atoms with Crippen molar-refractivity contribution in [1.82, 2.24) is 24.3 Å². The van der Waals surface area contributed by atoms with Crippen molar-refractivity contribution >= 4 is 0 Å². The molecule has 0 unspecified atom stereocenters. The summed E-state index contributed by atoms with van der Waals surface area (Å²) in [4.78, 5) is 21.6. The van der Waals surface area contributed by atoms with E-state index in [4.69, 9.17) is 0 Å². The minimum atomic E-state index is -0.636. The van der Waals surface area contributed by atoms with Crippen LogP contribution < -0.4 is 5.56 Å². The first-order chi connectivity index (χ1) is 19.7. The Hall–Kier alpha value is -4.66. The molecule has 5 rings (SSSR count). The lowest BCUT2D eigenvalue weighted by atomic mass is 9.99. The summed E-state index contributed by atoms with van der Waals surface area (Å²) >= 11 is 0. The molecular formula is C32H31F2N5O2. The van der Waals surface area contributed by atoms with Gasteiger partial charge in [0.05, 0.1) is 11.3 Å². The quantitative estimate of drug-likeness (QED) is 0.231. The first kappa shape index (κ1) is 27.9. The summed E-state index contributed by atoms with van der Waals surface area (Å²) in [5.74, 6) is -1.20. The van der Waals surface area contributed by atoms with Crippen LogP contribution in [-0.2, 0) is 25.8 Å². The van der Waals surface area contributed by atoms with Crippen LogP contribution in [0.5, 0.6) is 5.88 Å². The molecule has 41 heavy (non-hydrogen) atoms. The van der Waals surface area contributed by atoms with E-state index in [0.717, 1.165) is 16.8 Å². The number of benzene rings is 2. The average molecular weight is 556 g/mol. The molecule has 3 heterocycles. The van der Waals surface area contributed by atoms with Gasteiger partial charge in [0.1, 0.15) is 11.5 Å². The zero-order valence-electron chi connectivity index (χ0n) is 23.4. The molecule has 0 aliphatic heterocycles. The van der Waals surface area contributed by atoms with Crippen LogP contribution in [0.25, 0.3) is 28.3 Å². The van der Waals surface area contributed by atoms with Crippen LogP contribution in [-0.4, -0.2) is 29.4 Å². The standard InChI is InChI=1S/C32H31F2N5O2/c1-5-21-9-8-10-22(6-2)29(21)39-30(27-15-16-38(7-3)37-27)36-31(40)25(32(39)41)17-20-11-12-24(26(33)18-20)23-13-14-28(34)35-19(23)4/h8-16,18,41H,5-7,17H2,1-4H3. The second kappa shape index (κ2) is 11.4. The van der Waals surface area contributed by atoms with E-state index in [1.54, 1.807) is 40.6 Å². The maximum absolute atomic E-state index is 15.3. The zero-order chi connectivity index (χ0) is 29.3. The highest BCUT2D eigenvalue weighted by Crippen LogP contribution is 2.33. The monoisotopic (exact) mass is 555 g/mol. The Kier molecular flexibility index (Phi) is 7.79. The number of nitrogens with zero attached hydrogens (tertiary/aromatic N) is 5. The molecular weight excluding hydrogens is 524 g/mol. The Balaban J connectivity index is 1.67. The fourth-order valence-electron chi connectivity index (χ4n) is 5.15. The molecule has 0 atom stereocenters. The molecule has 1 N–H and O–H groups in total. The maximum Gasteiger partial charge on any atom is 0.280 e. The normalized spacial score (nSPS) is 11.3. The lowest BCUT2D eigenvalue weighted by Crippen LogP contribution is -2.21. The number of pyridine rings is 1. The second-order valence-electron chi connectivity index (χ2n) is 9.82. The Morgan fingerprint density at radius 3 is 2.22 bits per heavy atom. The van der Waals surface area contributed by atoms with E-state index < -0.39 is 17.3 Å². The Labute approximate surface area is 236 Å². The van der Waals surface area contributed by atoms with Gasteiger partial charge >= 0.3 is 0 Å². The predicted octanol–water partition coefficient (Wildman–Crippen LogP) is 6.19. The molecule has 210 valence electrons. The molecule has 0 amide bonds. The Bertz CT molecular complexity index is 1790. The van der Waals surface area contributed by atoms with Gasteiger partial charge in [0, 0.05) is 36.0 Å². The van der Waals surface area contributed by atoms with Crippen LogP contribution in [0.4, 0.5) is 8.78 Å². The van der Waals surface area contributed by atoms with Crippen molar-refractivity contribution < 1.29 is 13.9 Å². The molecule has 7 nitrogen and oxygen atoms in total. The van der Waals surface area contributed by atoms with Gasteiger partial charge in [-0.15, -0.1) is 0 Å². The lowest BCUT2D eigenvalue weighted by Gasteiger charge is -2.21. The molecule has 0 saturated carbocycles. The number of aromatic hydroxyl groups is 1. The third-order valence-corrected chi connectivity index (χ3v) is 7.30. The van der Waals surface area contributed by atoms with Gasteiger partial charge in [-0.3, -0.25) is 14.0 Å². The summed E-state index contributed by atoms with van der Waals surface area (Å²) in [6, 6.07) is 15.0. The number of hydrogen-bond acceptors (Lipinski definition) is 5. The first-order valence-electron chi connectivity index (χ1n) is 13.7. The van der Waals surface area contributed by atoms with Gasteiger partial charge in [0.2, 0.25) is 11.8 Å². The first-order valence-corrected chi connectivity index (χ1v) is 13.7. The van der Waals surface area contributed by atoms with E-state index in [1.807, 2.05) is 39.0 Å². The van der Waals surface area contributed by atoms with Crippen LogP contribution >= 0.6 is 0 Å². The summed E-state index contributed by atoms with van der Waals surface area (Å²) in [5.41, 5.74) is 4.18. The number of para-hydroxylation sites is 1. The molecule has 9 heteroatoms. The molecule has 0 spiro atoms. The minimum Gasteiger partial charge on any atom is -0.494 e. The SMILES string of the molecule is CCc1cccc(CC)c1-n1c(-c2ccn(CC)n2)nc(=O)c(Cc2ccc(-c3ccc(F)nc3C)c(F)c2)c1O. The largest absolute Gasteiger partial charge is 0.494 e. The van der Waals surface area contributed by atoms with Crippen molar-refractivity contribution in [3.8, 4) is 34.2 Å². The third-order valence-electron chi connectivity index (χ3n) is 7.30. The van der Waals surface area contributed by atoms with E-state index in [-0.39, 0.29) is 29.3 Å². The average Bonchev–Trinajstić information content (AvgIpc) is 3.44. The second-order valence-corrected chi connectivity index (χ2v) is 9.82. The Morgan fingerprint density at radius 1 is 0.902 bits per heavy atom. The third kappa shape index (κ3) is 5.27. The molecule has 0 aliphatic rings. The van der Waals surface area contributed by atoms with Gasteiger partial charge in [-0.05, 0) is 67.6 Å². The van der Waals surface area contributed by atoms with Crippen molar-refractivity contribution in [3.05, 3.63) is 111 Å². The topological polar surface area (TPSA) is 85.8 Å². The van der Waals surface area contributed by atoms with Crippen LogP contribution in [0, 0.1) is 18.7 Å². The number of rotatable bonds is 8. The molecule has 3 aromatic heterocycles. The van der Waals surface area contributed by atoms with Gasteiger partial charge in [0.15, 0.2) is 5.82 Å². The molecule has 5 aromatic rings. The van der Waals surface area contributed by atoms with E-state index in [1.165, 1.54) is 18.2 Å². The fraction of sp³-hybridized carbons (Fsp3) is 0.250. The molecule has 0 bridgehead atoms. The number of halogens is 2. The molecule has 2 aromatic carbocycles. The van der Waals surface area contributed by atoms with Crippen molar-refractivity contribution in [2.45, 2.75) is 53.5 Å². The van der Waals surface area contributed by atoms with E-state index in [2.05, 4.69) is 15.1 Å². The van der Waals surface area contributed by atoms with Gasteiger partial charge in [0.25, 0.3) is 5.56 Å².